The Balaban J connectivity index is 1.27. The molecule has 2 aliphatic rings. The molecule has 4 N–H and O–H groups in total. The highest BCUT2D eigenvalue weighted by molar-refractivity contribution is 7.89. The molecule has 1 aliphatic carbocycles. The number of aromatic nitrogens is 4. The summed E-state index contributed by atoms with van der Waals surface area (Å²) in [4.78, 5) is 2.68. The van der Waals surface area contributed by atoms with Gasteiger partial charge in [0.2, 0.25) is 10.0 Å². The third-order valence-electron chi connectivity index (χ3n) is 7.15. The molecule has 0 unspecified atom stereocenters. The molecule has 1 aliphatic heterocycles. The molecule has 2 aromatic carbocycles. The van der Waals surface area contributed by atoms with E-state index in [0.717, 1.165) is 18.2 Å². The summed E-state index contributed by atoms with van der Waals surface area (Å²) >= 11 is 0. The lowest BCUT2D eigenvalue weighted by atomic mass is 9.98. The van der Waals surface area contributed by atoms with Crippen LogP contribution in [0.25, 0.3) is 22.5 Å². The van der Waals surface area contributed by atoms with Gasteiger partial charge in [0.25, 0.3) is 0 Å². The van der Waals surface area contributed by atoms with Gasteiger partial charge in [0.15, 0.2) is 5.82 Å². The molecule has 1 saturated carbocycles. The van der Waals surface area contributed by atoms with Crippen LogP contribution in [-0.4, -0.2) is 59.1 Å². The lowest BCUT2D eigenvalue weighted by Crippen LogP contribution is -2.45. The average Bonchev–Trinajstić information content (AvgIpc) is 3.57. The smallest absolute Gasteiger partial charge is 0.238 e. The lowest BCUT2D eigenvalue weighted by molar-refractivity contribution is 0.144. The van der Waals surface area contributed by atoms with Crippen LogP contribution in [0.2, 0.25) is 0 Å². The van der Waals surface area contributed by atoms with E-state index in [-0.39, 0.29) is 10.7 Å². The number of benzene rings is 2. The van der Waals surface area contributed by atoms with Gasteiger partial charge in [0.1, 0.15) is 0 Å². The van der Waals surface area contributed by atoms with Crippen molar-refractivity contribution in [2.75, 3.05) is 13.1 Å². The summed E-state index contributed by atoms with van der Waals surface area (Å²) in [6, 6.07) is 14.5. The van der Waals surface area contributed by atoms with Gasteiger partial charge in [-0.15, -0.1) is 5.10 Å². The Morgan fingerprint density at radius 3 is 2.41 bits per heavy atom. The number of likely N-dealkylation sites (tertiary alicyclic amines) is 1. The number of hydrogen-bond donors (Lipinski definition) is 3. The number of rotatable bonds is 7. The molecule has 0 amide bonds. The minimum absolute atomic E-state index is 0.0155. The van der Waals surface area contributed by atoms with Crippen LogP contribution in [-0.2, 0) is 16.6 Å². The van der Waals surface area contributed by atoms with Gasteiger partial charge in [-0.05, 0) is 72.0 Å². The van der Waals surface area contributed by atoms with E-state index in [1.165, 1.54) is 63.2 Å². The molecule has 180 valence electrons. The van der Waals surface area contributed by atoms with Gasteiger partial charge in [0.05, 0.1) is 4.90 Å². The Kier molecular flexibility index (Phi) is 6.73. The van der Waals surface area contributed by atoms with Crippen LogP contribution in [0.5, 0.6) is 0 Å². The third kappa shape index (κ3) is 5.05. The van der Waals surface area contributed by atoms with E-state index in [4.69, 9.17) is 5.14 Å². The van der Waals surface area contributed by atoms with Crippen molar-refractivity contribution in [3.05, 3.63) is 48.0 Å². The molecule has 3 aromatic rings. The molecule has 0 atom stereocenters. The summed E-state index contributed by atoms with van der Waals surface area (Å²) in [5.41, 5.74) is 3.12. The molecule has 2 heterocycles. The Morgan fingerprint density at radius 1 is 1.03 bits per heavy atom. The minimum atomic E-state index is -3.96. The number of nitrogens with zero attached hydrogens (tertiary/aromatic N) is 4. The predicted octanol–water partition coefficient (Wildman–Crippen LogP) is 2.68. The number of sulfonamides is 1. The molecule has 1 aromatic heterocycles. The number of nitrogens with two attached hydrogens (primary N) is 1. The molecule has 9 nitrogen and oxygen atoms in total. The molecule has 0 radical (unpaired) electrons. The number of nitrogens with one attached hydrogen (secondary N) is 2. The average molecular weight is 482 g/mol. The van der Waals surface area contributed by atoms with E-state index in [1.54, 1.807) is 6.07 Å². The van der Waals surface area contributed by atoms with E-state index in [2.05, 4.69) is 43.0 Å². The number of primary sulfonamides is 1. The molecule has 2 fully saturated rings. The van der Waals surface area contributed by atoms with Crippen LogP contribution in [0.3, 0.4) is 0 Å². The molecule has 10 heteroatoms. The quantitative estimate of drug-likeness (QED) is 0.473. The van der Waals surface area contributed by atoms with Gasteiger partial charge in [-0.1, -0.05) is 49.2 Å². The first kappa shape index (κ1) is 23.1. The summed E-state index contributed by atoms with van der Waals surface area (Å²) in [5, 5.41) is 23.0. The summed E-state index contributed by atoms with van der Waals surface area (Å²) in [5.74, 6) is 0.259. The van der Waals surface area contributed by atoms with E-state index >= 15 is 0 Å². The van der Waals surface area contributed by atoms with Crippen molar-refractivity contribution in [3.8, 4) is 22.5 Å². The highest BCUT2D eigenvalue weighted by Gasteiger charge is 2.27. The highest BCUT2D eigenvalue weighted by atomic mass is 32.2. The fourth-order valence-electron chi connectivity index (χ4n) is 5.32. The van der Waals surface area contributed by atoms with Crippen molar-refractivity contribution in [1.29, 1.82) is 0 Å². The van der Waals surface area contributed by atoms with Crippen molar-refractivity contribution in [2.24, 2.45) is 5.14 Å². The Morgan fingerprint density at radius 2 is 1.76 bits per heavy atom. The van der Waals surface area contributed by atoms with Crippen LogP contribution in [0.1, 0.15) is 44.1 Å². The molecule has 0 spiro atoms. The van der Waals surface area contributed by atoms with E-state index in [1.807, 2.05) is 18.2 Å². The van der Waals surface area contributed by atoms with Gasteiger partial charge in [-0.25, -0.2) is 18.7 Å². The Bertz CT molecular complexity index is 1200. The summed E-state index contributed by atoms with van der Waals surface area (Å²) in [6.45, 7) is 3.20. The van der Waals surface area contributed by atoms with Crippen LogP contribution >= 0.6 is 0 Å². The van der Waals surface area contributed by atoms with Crippen LogP contribution in [0.4, 0.5) is 0 Å². The standard InChI is InChI=1S/C24H31N7O2S/c25-34(32,33)22-7-3-6-21(23(22)24-27-29-30-28-24)18-10-8-17(9-11-18)16-26-19-12-14-31(15-13-19)20-4-1-2-5-20/h3,6-11,19-20,26H,1-2,4-5,12-16H2,(H2,25,32,33)(H,27,28,29,30). The summed E-state index contributed by atoms with van der Waals surface area (Å²) in [7, 11) is -3.96. The minimum Gasteiger partial charge on any atom is -0.310 e. The summed E-state index contributed by atoms with van der Waals surface area (Å²) < 4.78 is 24.4. The van der Waals surface area contributed by atoms with Gasteiger partial charge in [-0.3, -0.25) is 0 Å². The zero-order valence-corrected chi connectivity index (χ0v) is 20.0. The molecule has 1 saturated heterocycles. The largest absolute Gasteiger partial charge is 0.310 e. The van der Waals surface area contributed by atoms with Crippen molar-refractivity contribution in [1.82, 2.24) is 30.8 Å². The maximum Gasteiger partial charge on any atom is 0.238 e. The number of aromatic amines is 1. The van der Waals surface area contributed by atoms with Gasteiger partial charge >= 0.3 is 0 Å². The number of hydrogen-bond acceptors (Lipinski definition) is 7. The van der Waals surface area contributed by atoms with Crippen molar-refractivity contribution >= 4 is 10.0 Å². The highest BCUT2D eigenvalue weighted by Crippen LogP contribution is 2.35. The number of tetrazole rings is 1. The van der Waals surface area contributed by atoms with Gasteiger partial charge in [0, 0.05) is 24.2 Å². The van der Waals surface area contributed by atoms with Crippen molar-refractivity contribution in [2.45, 2.75) is 62.0 Å². The topological polar surface area (TPSA) is 130 Å². The third-order valence-corrected chi connectivity index (χ3v) is 8.10. The zero-order chi connectivity index (χ0) is 23.5. The molecule has 5 rings (SSSR count). The molecule has 34 heavy (non-hydrogen) atoms. The first-order valence-electron chi connectivity index (χ1n) is 12.0. The zero-order valence-electron chi connectivity index (χ0n) is 19.2. The predicted molar refractivity (Wildman–Crippen MR) is 130 cm³/mol. The molecular weight excluding hydrogens is 450 g/mol. The van der Waals surface area contributed by atoms with Crippen LogP contribution in [0.15, 0.2) is 47.4 Å². The number of piperidine rings is 1. The van der Waals surface area contributed by atoms with E-state index < -0.39 is 10.0 Å². The second kappa shape index (κ2) is 9.91. The summed E-state index contributed by atoms with van der Waals surface area (Å²) in [6.07, 6.45) is 7.93. The second-order valence-corrected chi connectivity index (χ2v) is 10.8. The van der Waals surface area contributed by atoms with Crippen LogP contribution < -0.4 is 10.5 Å². The van der Waals surface area contributed by atoms with E-state index in [0.29, 0.717) is 17.2 Å². The number of H-pyrrole nitrogens is 1. The van der Waals surface area contributed by atoms with Crippen molar-refractivity contribution < 1.29 is 8.42 Å². The Labute approximate surface area is 200 Å². The maximum atomic E-state index is 12.2. The second-order valence-electron chi connectivity index (χ2n) is 9.30. The first-order chi connectivity index (χ1) is 16.5. The first-order valence-corrected chi connectivity index (χ1v) is 13.5. The Hall–Kier alpha value is -2.66. The molecule has 0 bridgehead atoms. The van der Waals surface area contributed by atoms with E-state index in [9.17, 15) is 8.42 Å². The van der Waals surface area contributed by atoms with Gasteiger partial charge < -0.3 is 10.2 Å². The van der Waals surface area contributed by atoms with Crippen molar-refractivity contribution in [3.63, 3.8) is 0 Å². The monoisotopic (exact) mass is 481 g/mol. The maximum absolute atomic E-state index is 12.2. The SMILES string of the molecule is NS(=O)(=O)c1cccc(-c2ccc(CNC3CCN(C4CCCC4)CC3)cc2)c1-c1nnn[nH]1. The fourth-order valence-corrected chi connectivity index (χ4v) is 6.08. The fraction of sp³-hybridized carbons (Fsp3) is 0.458. The lowest BCUT2D eigenvalue weighted by Gasteiger charge is -2.36. The normalized spacial score (nSPS) is 18.5. The molecular formula is C24H31N7O2S. The van der Waals surface area contributed by atoms with Gasteiger partial charge in [-0.2, -0.15) is 0 Å². The van der Waals surface area contributed by atoms with Crippen LogP contribution in [0, 0.1) is 0 Å².